The Bertz CT molecular complexity index is 749. The molecular formula is C17H13Cl4NO3. The Morgan fingerprint density at radius 1 is 1.04 bits per heavy atom. The fourth-order valence-electron chi connectivity index (χ4n) is 1.88. The van der Waals surface area contributed by atoms with Crippen LogP contribution < -0.4 is 9.47 Å². The number of benzene rings is 2. The van der Waals surface area contributed by atoms with E-state index in [9.17, 15) is 0 Å². The molecule has 0 saturated heterocycles. The molecule has 2 aromatic carbocycles. The number of rotatable bonds is 7. The number of ether oxygens (including phenoxy) is 2. The molecule has 0 atom stereocenters. The van der Waals surface area contributed by atoms with Crippen molar-refractivity contribution in [2.24, 2.45) is 5.16 Å². The maximum Gasteiger partial charge on any atom is 0.157 e. The van der Waals surface area contributed by atoms with E-state index in [0.29, 0.717) is 21.5 Å². The van der Waals surface area contributed by atoms with Gasteiger partial charge in [-0.05, 0) is 17.2 Å². The summed E-state index contributed by atoms with van der Waals surface area (Å²) in [6, 6.07) is 10.5. The number of oxime groups is 1. The summed E-state index contributed by atoms with van der Waals surface area (Å²) in [6.07, 6.45) is 2.84. The number of nitrogens with zero attached hydrogens (tertiary/aromatic N) is 1. The summed E-state index contributed by atoms with van der Waals surface area (Å²) in [5.41, 5.74) is 1.68. The quantitative estimate of drug-likeness (QED) is 0.335. The van der Waals surface area contributed by atoms with E-state index in [2.05, 4.69) is 5.16 Å². The summed E-state index contributed by atoms with van der Waals surface area (Å²) < 4.78 is 11.2. The van der Waals surface area contributed by atoms with Gasteiger partial charge in [-0.15, -0.1) is 0 Å². The van der Waals surface area contributed by atoms with Gasteiger partial charge in [0, 0.05) is 12.1 Å². The Labute approximate surface area is 165 Å². The van der Waals surface area contributed by atoms with E-state index in [-0.39, 0.29) is 17.7 Å². The predicted octanol–water partition coefficient (Wildman–Crippen LogP) is 6.08. The van der Waals surface area contributed by atoms with Crippen LogP contribution in [0.25, 0.3) is 0 Å². The third-order valence-electron chi connectivity index (χ3n) is 3.03. The van der Waals surface area contributed by atoms with Crippen molar-refractivity contribution in [2.75, 3.05) is 6.61 Å². The smallest absolute Gasteiger partial charge is 0.157 e. The minimum atomic E-state index is 0.119. The zero-order valence-electron chi connectivity index (χ0n) is 12.8. The predicted molar refractivity (Wildman–Crippen MR) is 102 cm³/mol. The maximum atomic E-state index is 8.49. The van der Waals surface area contributed by atoms with Crippen molar-refractivity contribution in [3.05, 3.63) is 68.1 Å². The molecule has 2 aromatic rings. The molecule has 8 heteroatoms. The van der Waals surface area contributed by atoms with Crippen LogP contribution in [-0.4, -0.2) is 18.0 Å². The second-order valence-corrected chi connectivity index (χ2v) is 6.62. The van der Waals surface area contributed by atoms with Crippen molar-refractivity contribution < 1.29 is 14.7 Å². The van der Waals surface area contributed by atoms with E-state index in [1.165, 1.54) is 12.3 Å². The number of hydrogen-bond donors (Lipinski definition) is 1. The Kier molecular flexibility index (Phi) is 7.72. The van der Waals surface area contributed by atoms with Crippen LogP contribution in [0.4, 0.5) is 0 Å². The molecule has 0 radical (unpaired) electrons. The molecule has 0 spiro atoms. The molecule has 0 heterocycles. The van der Waals surface area contributed by atoms with Crippen molar-refractivity contribution >= 4 is 52.6 Å². The van der Waals surface area contributed by atoms with Crippen LogP contribution in [0.1, 0.15) is 11.1 Å². The molecule has 0 saturated carbocycles. The minimum Gasteiger partial charge on any atom is -0.489 e. The highest BCUT2D eigenvalue weighted by molar-refractivity contribution is 6.55. The first-order valence-electron chi connectivity index (χ1n) is 7.01. The van der Waals surface area contributed by atoms with Gasteiger partial charge in [0.1, 0.15) is 23.5 Å². The molecule has 0 aliphatic rings. The van der Waals surface area contributed by atoms with Crippen molar-refractivity contribution in [3.63, 3.8) is 0 Å². The van der Waals surface area contributed by atoms with E-state index >= 15 is 0 Å². The van der Waals surface area contributed by atoms with Gasteiger partial charge in [-0.1, -0.05) is 75.8 Å². The van der Waals surface area contributed by atoms with E-state index in [1.807, 2.05) is 12.1 Å². The standard InChI is InChI=1S/C17H13Cl4NO3/c18-14-7-13(24-6-5-16(20)21)8-15(19)17(14)25-10-12-3-1-11(2-4-12)9-22-23/h1-5,7-9,23H,6,10H2. The average Bonchev–Trinajstić information content (AvgIpc) is 2.55. The fourth-order valence-corrected chi connectivity index (χ4v) is 2.58. The van der Waals surface area contributed by atoms with Crippen molar-refractivity contribution in [3.8, 4) is 11.5 Å². The van der Waals surface area contributed by atoms with Crippen LogP contribution in [-0.2, 0) is 6.61 Å². The second kappa shape index (κ2) is 9.78. The van der Waals surface area contributed by atoms with Crippen LogP contribution in [0.3, 0.4) is 0 Å². The molecule has 0 aliphatic heterocycles. The lowest BCUT2D eigenvalue weighted by atomic mass is 10.1. The normalized spacial score (nSPS) is 10.7. The third-order valence-corrected chi connectivity index (χ3v) is 3.90. The summed E-state index contributed by atoms with van der Waals surface area (Å²) >= 11 is 23.4. The van der Waals surface area contributed by atoms with Crippen LogP contribution >= 0.6 is 46.4 Å². The number of hydrogen-bond acceptors (Lipinski definition) is 4. The molecule has 0 fully saturated rings. The lowest BCUT2D eigenvalue weighted by molar-refractivity contribution is 0.305. The molecule has 2 rings (SSSR count). The molecule has 0 amide bonds. The lowest BCUT2D eigenvalue weighted by Crippen LogP contribution is -1.99. The summed E-state index contributed by atoms with van der Waals surface area (Å²) in [7, 11) is 0. The fraction of sp³-hybridized carbons (Fsp3) is 0.118. The van der Waals surface area contributed by atoms with E-state index in [1.54, 1.807) is 24.3 Å². The third kappa shape index (κ3) is 6.33. The molecule has 1 N–H and O–H groups in total. The summed E-state index contributed by atoms with van der Waals surface area (Å²) in [5.74, 6) is 0.837. The molecular weight excluding hydrogens is 408 g/mol. The van der Waals surface area contributed by atoms with Gasteiger partial charge in [0.05, 0.1) is 16.3 Å². The van der Waals surface area contributed by atoms with E-state index in [4.69, 9.17) is 61.1 Å². The van der Waals surface area contributed by atoms with Crippen molar-refractivity contribution in [1.29, 1.82) is 0 Å². The van der Waals surface area contributed by atoms with Gasteiger partial charge in [-0.3, -0.25) is 0 Å². The average molecular weight is 421 g/mol. The van der Waals surface area contributed by atoms with E-state index < -0.39 is 0 Å². The Morgan fingerprint density at radius 3 is 2.24 bits per heavy atom. The monoisotopic (exact) mass is 419 g/mol. The summed E-state index contributed by atoms with van der Waals surface area (Å²) in [6.45, 7) is 0.472. The largest absolute Gasteiger partial charge is 0.489 e. The molecule has 0 bridgehead atoms. The molecule has 4 nitrogen and oxygen atoms in total. The van der Waals surface area contributed by atoms with Gasteiger partial charge in [0.15, 0.2) is 5.75 Å². The summed E-state index contributed by atoms with van der Waals surface area (Å²) in [4.78, 5) is 0. The number of halogens is 4. The first-order valence-corrected chi connectivity index (χ1v) is 8.53. The maximum absolute atomic E-state index is 8.49. The zero-order chi connectivity index (χ0) is 18.2. The first-order chi connectivity index (χ1) is 12.0. The van der Waals surface area contributed by atoms with Gasteiger partial charge in [-0.25, -0.2) is 0 Å². The van der Waals surface area contributed by atoms with Gasteiger partial charge in [0.2, 0.25) is 0 Å². The van der Waals surface area contributed by atoms with E-state index in [0.717, 1.165) is 11.1 Å². The zero-order valence-corrected chi connectivity index (χ0v) is 15.8. The highest BCUT2D eigenvalue weighted by atomic mass is 35.5. The highest BCUT2D eigenvalue weighted by Gasteiger charge is 2.11. The van der Waals surface area contributed by atoms with Crippen molar-refractivity contribution in [1.82, 2.24) is 0 Å². The van der Waals surface area contributed by atoms with Crippen LogP contribution in [0.15, 0.2) is 52.1 Å². The van der Waals surface area contributed by atoms with Crippen LogP contribution in [0.2, 0.25) is 10.0 Å². The van der Waals surface area contributed by atoms with Gasteiger partial charge in [-0.2, -0.15) is 0 Å². The van der Waals surface area contributed by atoms with Crippen LogP contribution in [0, 0.1) is 0 Å². The Balaban J connectivity index is 2.03. The minimum absolute atomic E-state index is 0.119. The van der Waals surface area contributed by atoms with Crippen molar-refractivity contribution in [2.45, 2.75) is 6.61 Å². The molecule has 25 heavy (non-hydrogen) atoms. The Hall–Kier alpha value is -1.59. The SMILES string of the molecule is ON=Cc1ccc(COc2c(Cl)cc(OCC=C(Cl)Cl)cc2Cl)cc1. The molecule has 0 aliphatic carbocycles. The molecule has 132 valence electrons. The van der Waals surface area contributed by atoms with Gasteiger partial charge >= 0.3 is 0 Å². The molecule has 0 aromatic heterocycles. The lowest BCUT2D eigenvalue weighted by Gasteiger charge is -2.12. The topological polar surface area (TPSA) is 51.1 Å². The van der Waals surface area contributed by atoms with Gasteiger partial charge in [0.25, 0.3) is 0 Å². The van der Waals surface area contributed by atoms with Crippen LogP contribution in [0.5, 0.6) is 11.5 Å². The highest BCUT2D eigenvalue weighted by Crippen LogP contribution is 2.37. The van der Waals surface area contributed by atoms with Gasteiger partial charge < -0.3 is 14.7 Å². The first kappa shape index (κ1) is 19.7. The summed E-state index contributed by atoms with van der Waals surface area (Å²) in [5, 5.41) is 12.1. The second-order valence-electron chi connectivity index (χ2n) is 4.80. The Morgan fingerprint density at radius 2 is 1.68 bits per heavy atom. The molecule has 0 unspecified atom stereocenters.